The van der Waals surface area contributed by atoms with Crippen LogP contribution in [0.3, 0.4) is 0 Å². The van der Waals surface area contributed by atoms with Gasteiger partial charge in [0.25, 0.3) is 11.8 Å². The van der Waals surface area contributed by atoms with E-state index in [4.69, 9.17) is 4.42 Å². The second kappa shape index (κ2) is 9.81. The van der Waals surface area contributed by atoms with Crippen molar-refractivity contribution in [2.75, 3.05) is 40.3 Å². The van der Waals surface area contributed by atoms with Crippen LogP contribution in [0.4, 0.5) is 9.18 Å². The summed E-state index contributed by atoms with van der Waals surface area (Å²) in [5, 5.41) is 2.99. The van der Waals surface area contributed by atoms with Crippen molar-refractivity contribution in [1.29, 1.82) is 0 Å². The molecule has 1 unspecified atom stereocenters. The summed E-state index contributed by atoms with van der Waals surface area (Å²) < 4.78 is 19.5. The van der Waals surface area contributed by atoms with E-state index in [1.165, 1.54) is 17.0 Å². The Hall–Kier alpha value is -3.20. The van der Waals surface area contributed by atoms with Crippen LogP contribution in [-0.4, -0.2) is 78.4 Å². The molecule has 1 aromatic heterocycles. The number of hydrogen-bond donors (Lipinski definition) is 1. The standard InChI is InChI=1S/C26H33FN4O4/c1-17-14-22(18(2)35-17)23(32)30-10-8-20(9-11-30)26(16-19-6-5-7-21(27)15-19)24(33)31(25(34)28-26)13-12-29(3)4/h5-7,14-15,20H,8-13,16H2,1-4H3,(H,28,34). The second-order valence-corrected chi connectivity index (χ2v) is 9.86. The van der Waals surface area contributed by atoms with E-state index in [-0.39, 0.29) is 36.5 Å². The predicted molar refractivity (Wildman–Crippen MR) is 128 cm³/mol. The SMILES string of the molecule is Cc1cc(C(=O)N2CCC(C3(Cc4cccc(F)c4)NC(=O)N(CCN(C)C)C3=O)CC2)c(C)o1. The van der Waals surface area contributed by atoms with Gasteiger partial charge in [-0.1, -0.05) is 12.1 Å². The average Bonchev–Trinajstić information content (AvgIpc) is 3.27. The highest BCUT2D eigenvalue weighted by molar-refractivity contribution is 6.07. The number of halogens is 1. The first-order valence-corrected chi connectivity index (χ1v) is 12.0. The van der Waals surface area contributed by atoms with Gasteiger partial charge in [-0.3, -0.25) is 14.5 Å². The van der Waals surface area contributed by atoms with Crippen molar-refractivity contribution in [3.63, 3.8) is 0 Å². The van der Waals surface area contributed by atoms with Crippen LogP contribution in [0.1, 0.15) is 40.3 Å². The first kappa shape index (κ1) is 24.9. The topological polar surface area (TPSA) is 86.1 Å². The van der Waals surface area contributed by atoms with Crippen LogP contribution in [-0.2, 0) is 11.2 Å². The second-order valence-electron chi connectivity index (χ2n) is 9.86. The molecule has 188 valence electrons. The number of imide groups is 1. The number of carbonyl (C=O) groups excluding carboxylic acids is 3. The largest absolute Gasteiger partial charge is 0.466 e. The van der Waals surface area contributed by atoms with Crippen molar-refractivity contribution >= 4 is 17.8 Å². The van der Waals surface area contributed by atoms with Crippen LogP contribution >= 0.6 is 0 Å². The number of piperidine rings is 1. The molecule has 8 nitrogen and oxygen atoms in total. The van der Waals surface area contributed by atoms with E-state index in [1.807, 2.05) is 25.9 Å². The maximum Gasteiger partial charge on any atom is 0.325 e. The fourth-order valence-electron chi connectivity index (χ4n) is 5.25. The molecule has 4 rings (SSSR count). The third-order valence-corrected chi connectivity index (χ3v) is 7.10. The fourth-order valence-corrected chi connectivity index (χ4v) is 5.25. The number of likely N-dealkylation sites (N-methyl/N-ethyl adjacent to an activating group) is 1. The van der Waals surface area contributed by atoms with Crippen LogP contribution in [0.15, 0.2) is 34.7 Å². The molecule has 9 heteroatoms. The third-order valence-electron chi connectivity index (χ3n) is 7.10. The number of nitrogens with one attached hydrogen (secondary N) is 1. The Morgan fingerprint density at radius 1 is 1.20 bits per heavy atom. The normalized spacial score (nSPS) is 21.2. The molecule has 3 heterocycles. The highest BCUT2D eigenvalue weighted by Gasteiger charge is 2.56. The lowest BCUT2D eigenvalue weighted by Gasteiger charge is -2.41. The van der Waals surface area contributed by atoms with E-state index in [9.17, 15) is 18.8 Å². The van der Waals surface area contributed by atoms with Gasteiger partial charge in [0, 0.05) is 32.6 Å². The van der Waals surface area contributed by atoms with Gasteiger partial charge in [-0.2, -0.15) is 0 Å². The zero-order valence-corrected chi connectivity index (χ0v) is 20.8. The quantitative estimate of drug-likeness (QED) is 0.611. The number of amides is 4. The van der Waals surface area contributed by atoms with Gasteiger partial charge in [-0.15, -0.1) is 0 Å². The van der Waals surface area contributed by atoms with Gasteiger partial charge in [-0.25, -0.2) is 9.18 Å². The molecule has 0 saturated carbocycles. The Bertz CT molecular complexity index is 1120. The van der Waals surface area contributed by atoms with Gasteiger partial charge in [0.2, 0.25) is 0 Å². The van der Waals surface area contributed by atoms with E-state index < -0.39 is 11.6 Å². The number of furan rings is 1. The summed E-state index contributed by atoms with van der Waals surface area (Å²) in [6.07, 6.45) is 1.29. The van der Waals surface area contributed by atoms with Gasteiger partial charge in [0.05, 0.1) is 5.56 Å². The lowest BCUT2D eigenvalue weighted by molar-refractivity contribution is -0.134. The minimum atomic E-state index is -1.17. The van der Waals surface area contributed by atoms with Crippen LogP contribution in [0, 0.1) is 25.6 Å². The average molecular weight is 485 g/mol. The molecule has 0 bridgehead atoms. The minimum Gasteiger partial charge on any atom is -0.466 e. The number of likely N-dealkylation sites (tertiary alicyclic amines) is 1. The zero-order valence-electron chi connectivity index (χ0n) is 20.8. The Morgan fingerprint density at radius 2 is 1.91 bits per heavy atom. The maximum atomic E-state index is 14.0. The lowest BCUT2D eigenvalue weighted by atomic mass is 9.73. The van der Waals surface area contributed by atoms with Crippen molar-refractivity contribution in [2.24, 2.45) is 5.92 Å². The highest BCUT2D eigenvalue weighted by Crippen LogP contribution is 2.37. The highest BCUT2D eigenvalue weighted by atomic mass is 19.1. The van der Waals surface area contributed by atoms with Crippen LogP contribution in [0.5, 0.6) is 0 Å². The monoisotopic (exact) mass is 484 g/mol. The van der Waals surface area contributed by atoms with E-state index >= 15 is 0 Å². The molecule has 0 aliphatic carbocycles. The summed E-state index contributed by atoms with van der Waals surface area (Å²) in [6.45, 7) is 5.32. The number of hydrogen-bond acceptors (Lipinski definition) is 5. The molecule has 0 spiro atoms. The van der Waals surface area contributed by atoms with Gasteiger partial charge >= 0.3 is 6.03 Å². The molecule has 1 aromatic carbocycles. The van der Waals surface area contributed by atoms with Crippen molar-refractivity contribution < 1.29 is 23.2 Å². The number of carbonyl (C=O) groups is 3. The Balaban J connectivity index is 1.57. The Labute approximate surface area is 205 Å². The zero-order chi connectivity index (χ0) is 25.3. The number of aryl methyl sites for hydroxylation is 2. The van der Waals surface area contributed by atoms with E-state index in [1.54, 1.807) is 30.0 Å². The molecule has 2 fully saturated rings. The molecule has 1 atom stereocenters. The minimum absolute atomic E-state index is 0.0913. The van der Waals surface area contributed by atoms with Gasteiger partial charge < -0.3 is 19.5 Å². The van der Waals surface area contributed by atoms with Crippen molar-refractivity contribution in [2.45, 2.75) is 38.6 Å². The fraction of sp³-hybridized carbons (Fsp3) is 0.500. The lowest BCUT2D eigenvalue weighted by Crippen LogP contribution is -2.58. The van der Waals surface area contributed by atoms with Crippen LogP contribution in [0.25, 0.3) is 0 Å². The number of nitrogens with zero attached hydrogens (tertiary/aromatic N) is 3. The number of benzene rings is 1. The number of rotatable bonds is 7. The van der Waals surface area contributed by atoms with E-state index in [2.05, 4.69) is 5.32 Å². The molecular formula is C26H33FN4O4. The predicted octanol–water partition coefficient (Wildman–Crippen LogP) is 2.98. The molecule has 0 radical (unpaired) electrons. The molecule has 2 aromatic rings. The van der Waals surface area contributed by atoms with Crippen LogP contribution < -0.4 is 5.32 Å². The summed E-state index contributed by atoms with van der Waals surface area (Å²) in [4.78, 5) is 44.7. The van der Waals surface area contributed by atoms with Crippen molar-refractivity contribution in [1.82, 2.24) is 20.0 Å². The van der Waals surface area contributed by atoms with E-state index in [0.717, 1.165) is 0 Å². The summed E-state index contributed by atoms with van der Waals surface area (Å²) in [7, 11) is 3.77. The number of urea groups is 1. The summed E-state index contributed by atoms with van der Waals surface area (Å²) in [5.74, 6) is 0.331. The Kier molecular flexibility index (Phi) is 6.98. The summed E-state index contributed by atoms with van der Waals surface area (Å²) in [5.41, 5.74) is 0.0284. The molecule has 1 N–H and O–H groups in total. The van der Waals surface area contributed by atoms with Gasteiger partial charge in [-0.05, 0) is 70.5 Å². The van der Waals surface area contributed by atoms with Crippen molar-refractivity contribution in [3.05, 3.63) is 58.8 Å². The van der Waals surface area contributed by atoms with Gasteiger partial charge in [0.15, 0.2) is 0 Å². The molecule has 2 aliphatic rings. The third kappa shape index (κ3) is 4.96. The van der Waals surface area contributed by atoms with Crippen LogP contribution in [0.2, 0.25) is 0 Å². The smallest absolute Gasteiger partial charge is 0.325 e. The molecule has 4 amide bonds. The molecule has 35 heavy (non-hydrogen) atoms. The van der Waals surface area contributed by atoms with Gasteiger partial charge in [0.1, 0.15) is 22.9 Å². The summed E-state index contributed by atoms with van der Waals surface area (Å²) in [6, 6.07) is 7.48. The molecular weight excluding hydrogens is 451 g/mol. The van der Waals surface area contributed by atoms with E-state index in [0.29, 0.717) is 55.1 Å². The van der Waals surface area contributed by atoms with Crippen molar-refractivity contribution in [3.8, 4) is 0 Å². The first-order chi connectivity index (χ1) is 16.6. The molecule has 2 saturated heterocycles. The first-order valence-electron chi connectivity index (χ1n) is 12.0. The summed E-state index contributed by atoms with van der Waals surface area (Å²) >= 11 is 0. The Morgan fingerprint density at radius 3 is 2.51 bits per heavy atom. The maximum absolute atomic E-state index is 14.0. The molecule has 2 aliphatic heterocycles.